The van der Waals surface area contributed by atoms with E-state index in [0.29, 0.717) is 12.1 Å². The number of nitrogens with one attached hydrogen (secondary N) is 1. The van der Waals surface area contributed by atoms with Gasteiger partial charge in [-0.1, -0.05) is 9.69 Å². The van der Waals surface area contributed by atoms with Crippen molar-refractivity contribution in [3.63, 3.8) is 0 Å². The van der Waals surface area contributed by atoms with Crippen LogP contribution < -0.4 is 5.32 Å². The highest BCUT2D eigenvalue weighted by atomic mass is 16.4. The lowest BCUT2D eigenvalue weighted by molar-refractivity contribution is -0.841. The zero-order chi connectivity index (χ0) is 16.1. The molecule has 0 bridgehead atoms. The smallest absolute Gasteiger partial charge is 0.433 e. The van der Waals surface area contributed by atoms with E-state index in [-0.39, 0.29) is 17.2 Å². The van der Waals surface area contributed by atoms with Crippen LogP contribution in [0.15, 0.2) is 16.4 Å². The van der Waals surface area contributed by atoms with Gasteiger partial charge in [-0.3, -0.25) is 4.79 Å². The molecule has 1 fully saturated rings. The lowest BCUT2D eigenvalue weighted by Crippen LogP contribution is -2.54. The fourth-order valence-electron chi connectivity index (χ4n) is 4.20. The molecule has 120 valence electrons. The zero-order valence-electron chi connectivity index (χ0n) is 13.5. The molecule has 3 aliphatic rings. The highest BCUT2D eigenvalue weighted by Crippen LogP contribution is 2.49. The van der Waals surface area contributed by atoms with Crippen LogP contribution in [0.4, 0.5) is 4.79 Å². The van der Waals surface area contributed by atoms with Crippen molar-refractivity contribution in [1.82, 2.24) is 5.32 Å². The number of hydrogen-bond donors (Lipinski definition) is 2. The maximum absolute atomic E-state index is 12.9. The number of amides is 1. The average Bonchev–Trinajstić information content (AvgIpc) is 2.74. The van der Waals surface area contributed by atoms with E-state index >= 15 is 0 Å². The van der Waals surface area contributed by atoms with Gasteiger partial charge < -0.3 is 10.4 Å². The molecule has 2 N–H and O–H groups in total. The van der Waals surface area contributed by atoms with Crippen LogP contribution >= 0.6 is 0 Å². The molecule has 1 saturated heterocycles. The molecule has 1 aliphatic carbocycles. The predicted octanol–water partition coefficient (Wildman–Crippen LogP) is 2.27. The van der Waals surface area contributed by atoms with E-state index in [9.17, 15) is 14.7 Å². The Bertz CT molecular complexity index is 600. The van der Waals surface area contributed by atoms with Gasteiger partial charge in [0.2, 0.25) is 11.5 Å². The summed E-state index contributed by atoms with van der Waals surface area (Å²) in [5, 5.41) is 17.6. The standard InChI is InChI=1S/C16H23N3O3/c1-10(2)19(15(21)22)14-12(11(3)18-19)8-16(9-13(14)20)4-6-17-7-5-16/h10,17H,4-9H2,1-3H3/p+1. The molecule has 0 radical (unpaired) electrons. The molecule has 0 saturated carbocycles. The van der Waals surface area contributed by atoms with E-state index < -0.39 is 10.7 Å². The molecule has 2 aliphatic heterocycles. The van der Waals surface area contributed by atoms with E-state index in [1.165, 1.54) is 0 Å². The molecule has 1 spiro atoms. The molecule has 22 heavy (non-hydrogen) atoms. The van der Waals surface area contributed by atoms with Gasteiger partial charge in [-0.05, 0) is 58.5 Å². The van der Waals surface area contributed by atoms with Crippen LogP contribution in [0.1, 0.15) is 46.5 Å². The number of Topliss-reactive ketones (excluding diaryl/α,β-unsaturated/α-hetero) is 1. The lowest BCUT2D eigenvalue weighted by Gasteiger charge is -2.41. The van der Waals surface area contributed by atoms with E-state index in [1.807, 2.05) is 20.8 Å². The highest BCUT2D eigenvalue weighted by molar-refractivity contribution is 6.10. The molecule has 0 aromatic carbocycles. The van der Waals surface area contributed by atoms with Crippen molar-refractivity contribution in [2.24, 2.45) is 10.5 Å². The summed E-state index contributed by atoms with van der Waals surface area (Å²) < 4.78 is -0.575. The van der Waals surface area contributed by atoms with E-state index in [2.05, 4.69) is 10.4 Å². The van der Waals surface area contributed by atoms with Crippen molar-refractivity contribution < 1.29 is 19.3 Å². The molecule has 0 aromatic heterocycles. The number of rotatable bonds is 1. The van der Waals surface area contributed by atoms with Crippen LogP contribution in [0.2, 0.25) is 0 Å². The van der Waals surface area contributed by atoms with Gasteiger partial charge in [-0.25, -0.2) is 0 Å². The van der Waals surface area contributed by atoms with E-state index in [0.717, 1.165) is 43.6 Å². The highest BCUT2D eigenvalue weighted by Gasteiger charge is 2.58. The second-order valence-electron chi connectivity index (χ2n) is 7.10. The van der Waals surface area contributed by atoms with E-state index in [1.54, 1.807) is 0 Å². The Morgan fingerprint density at radius 2 is 1.95 bits per heavy atom. The average molecular weight is 306 g/mol. The van der Waals surface area contributed by atoms with E-state index in [4.69, 9.17) is 0 Å². The first kappa shape index (κ1) is 15.4. The van der Waals surface area contributed by atoms with Gasteiger partial charge in [0, 0.05) is 12.0 Å². The van der Waals surface area contributed by atoms with Crippen molar-refractivity contribution in [2.75, 3.05) is 13.1 Å². The van der Waals surface area contributed by atoms with Crippen LogP contribution in [0, 0.1) is 5.41 Å². The molecular weight excluding hydrogens is 282 g/mol. The Hall–Kier alpha value is -1.53. The van der Waals surface area contributed by atoms with Gasteiger partial charge in [0.25, 0.3) is 0 Å². The maximum atomic E-state index is 12.9. The third kappa shape index (κ3) is 1.97. The molecule has 3 rings (SSSR count). The van der Waals surface area contributed by atoms with Crippen molar-refractivity contribution in [3.8, 4) is 0 Å². The number of carboxylic acid groups (broad SMARTS) is 1. The molecule has 1 unspecified atom stereocenters. The summed E-state index contributed by atoms with van der Waals surface area (Å²) in [6.45, 7) is 7.31. The second-order valence-corrected chi connectivity index (χ2v) is 7.10. The number of carbonyl (C=O) groups excluding carboxylic acids is 1. The van der Waals surface area contributed by atoms with Gasteiger partial charge in [-0.15, -0.1) is 0 Å². The first-order chi connectivity index (χ1) is 10.3. The van der Waals surface area contributed by atoms with Gasteiger partial charge in [0.15, 0.2) is 0 Å². The number of allylic oxidation sites excluding steroid dienone is 2. The molecule has 6 nitrogen and oxygen atoms in total. The predicted molar refractivity (Wildman–Crippen MR) is 82.3 cm³/mol. The number of quaternary nitrogens is 1. The monoisotopic (exact) mass is 306 g/mol. The lowest BCUT2D eigenvalue weighted by atomic mass is 9.66. The molecule has 1 atom stereocenters. The Morgan fingerprint density at radius 1 is 1.32 bits per heavy atom. The number of nitrogens with zero attached hydrogens (tertiary/aromatic N) is 2. The molecule has 0 aromatic rings. The Labute approximate surface area is 130 Å². The zero-order valence-corrected chi connectivity index (χ0v) is 13.5. The minimum atomic E-state index is -1.06. The summed E-state index contributed by atoms with van der Waals surface area (Å²) in [5.74, 6) is -0.0279. The first-order valence-corrected chi connectivity index (χ1v) is 7.99. The van der Waals surface area contributed by atoms with Crippen LogP contribution in [-0.2, 0) is 4.79 Å². The summed E-state index contributed by atoms with van der Waals surface area (Å²) in [7, 11) is 0. The fourth-order valence-corrected chi connectivity index (χ4v) is 4.20. The largest absolute Gasteiger partial charge is 0.546 e. The molecule has 1 amide bonds. The third-order valence-electron chi connectivity index (χ3n) is 5.43. The SMILES string of the molecule is CC1=N[N+](C(=O)O)(C(C)C)C2=C1CC1(CCNCC1)CC2=O. The summed E-state index contributed by atoms with van der Waals surface area (Å²) in [5.41, 5.74) is 2.00. The van der Waals surface area contributed by atoms with Crippen molar-refractivity contribution in [2.45, 2.75) is 52.5 Å². The Balaban J connectivity index is 2.09. The minimum absolute atomic E-state index is 0.00652. The van der Waals surface area contributed by atoms with Gasteiger partial charge >= 0.3 is 6.09 Å². The van der Waals surface area contributed by atoms with Crippen molar-refractivity contribution >= 4 is 17.6 Å². The van der Waals surface area contributed by atoms with Crippen LogP contribution in [-0.4, -0.2) is 46.4 Å². The van der Waals surface area contributed by atoms with Gasteiger partial charge in [0.05, 0.1) is 0 Å². The topological polar surface area (TPSA) is 78.8 Å². The van der Waals surface area contributed by atoms with Gasteiger partial charge in [-0.2, -0.15) is 4.79 Å². The van der Waals surface area contributed by atoms with Crippen LogP contribution in [0.5, 0.6) is 0 Å². The molecule has 2 heterocycles. The first-order valence-electron chi connectivity index (χ1n) is 7.99. The quantitative estimate of drug-likeness (QED) is 0.728. The maximum Gasteiger partial charge on any atom is 0.546 e. The summed E-state index contributed by atoms with van der Waals surface area (Å²) in [4.78, 5) is 24.8. The number of piperidine rings is 1. The summed E-state index contributed by atoms with van der Waals surface area (Å²) in [6, 6.07) is -0.300. The van der Waals surface area contributed by atoms with Crippen LogP contribution in [0.3, 0.4) is 0 Å². The molecule has 6 heteroatoms. The summed E-state index contributed by atoms with van der Waals surface area (Å²) >= 11 is 0. The minimum Gasteiger partial charge on any atom is -0.433 e. The van der Waals surface area contributed by atoms with Crippen molar-refractivity contribution in [3.05, 3.63) is 11.3 Å². The second kappa shape index (κ2) is 4.99. The van der Waals surface area contributed by atoms with Gasteiger partial charge in [0.1, 0.15) is 11.8 Å². The van der Waals surface area contributed by atoms with Crippen molar-refractivity contribution in [1.29, 1.82) is 0 Å². The third-order valence-corrected chi connectivity index (χ3v) is 5.43. The summed E-state index contributed by atoms with van der Waals surface area (Å²) in [6.07, 6.45) is 2.12. The number of hydrogen-bond acceptors (Lipinski definition) is 4. The Morgan fingerprint density at radius 3 is 2.50 bits per heavy atom. The molecular formula is C16H24N3O3+. The number of carbonyl (C=O) groups is 2. The Kier molecular flexibility index (Phi) is 3.49. The normalized spacial score (nSPS) is 30.7. The fraction of sp³-hybridized carbons (Fsp3) is 0.688. The number of ketones is 1. The van der Waals surface area contributed by atoms with Crippen LogP contribution in [0.25, 0.3) is 0 Å².